The zero-order valence-corrected chi connectivity index (χ0v) is 12.9. The van der Waals surface area contributed by atoms with Crippen LogP contribution in [0, 0.1) is 0 Å². The molecule has 0 bridgehead atoms. The van der Waals surface area contributed by atoms with Gasteiger partial charge in [0.05, 0.1) is 10.5 Å². The second-order valence-electron chi connectivity index (χ2n) is 4.06. The molecule has 0 aliphatic carbocycles. The summed E-state index contributed by atoms with van der Waals surface area (Å²) < 4.78 is 26.9. The van der Waals surface area contributed by atoms with E-state index < -0.39 is 16.0 Å². The molecule has 0 spiro atoms. The van der Waals surface area contributed by atoms with Crippen molar-refractivity contribution in [2.75, 3.05) is 6.54 Å². The molecule has 0 amide bonds. The summed E-state index contributed by atoms with van der Waals surface area (Å²) in [5.41, 5.74) is -0.0582. The van der Waals surface area contributed by atoms with E-state index in [2.05, 4.69) is 20.7 Å². The lowest BCUT2D eigenvalue weighted by Crippen LogP contribution is -2.25. The number of aromatic carboxylic acids is 1. The Balaban J connectivity index is 2.94. The van der Waals surface area contributed by atoms with Crippen LogP contribution in [0.3, 0.4) is 0 Å². The molecule has 5 nitrogen and oxygen atoms in total. The van der Waals surface area contributed by atoms with Crippen molar-refractivity contribution in [1.82, 2.24) is 4.72 Å². The van der Waals surface area contributed by atoms with Crippen LogP contribution in [0.1, 0.15) is 36.5 Å². The third kappa shape index (κ3) is 4.59. The Bertz CT molecular complexity index is 557. The maximum absolute atomic E-state index is 12.1. The van der Waals surface area contributed by atoms with Crippen molar-refractivity contribution in [3.63, 3.8) is 0 Å². The molecular weight excluding hydrogens is 334 g/mol. The molecule has 0 saturated carbocycles. The van der Waals surface area contributed by atoms with Crippen LogP contribution in [0.4, 0.5) is 0 Å². The topological polar surface area (TPSA) is 83.5 Å². The van der Waals surface area contributed by atoms with Crippen molar-refractivity contribution in [2.45, 2.75) is 31.1 Å². The monoisotopic (exact) mass is 349 g/mol. The van der Waals surface area contributed by atoms with Gasteiger partial charge in [0.25, 0.3) is 0 Å². The number of carbonyl (C=O) groups is 1. The van der Waals surface area contributed by atoms with Crippen LogP contribution in [0.2, 0.25) is 0 Å². The van der Waals surface area contributed by atoms with E-state index in [0.717, 1.165) is 25.3 Å². The molecule has 7 heteroatoms. The van der Waals surface area contributed by atoms with Gasteiger partial charge in [0.2, 0.25) is 10.0 Å². The lowest BCUT2D eigenvalue weighted by atomic mass is 10.2. The molecule has 0 saturated heterocycles. The number of hydrogen-bond donors (Lipinski definition) is 2. The van der Waals surface area contributed by atoms with Gasteiger partial charge >= 0.3 is 5.97 Å². The number of nitrogens with one attached hydrogen (secondary N) is 1. The van der Waals surface area contributed by atoms with Crippen LogP contribution in [0.15, 0.2) is 27.6 Å². The average molecular weight is 350 g/mol. The zero-order valence-electron chi connectivity index (χ0n) is 10.5. The van der Waals surface area contributed by atoms with E-state index in [-0.39, 0.29) is 10.5 Å². The largest absolute Gasteiger partial charge is 0.478 e. The first-order valence-electron chi connectivity index (χ1n) is 5.91. The first kappa shape index (κ1) is 16.1. The van der Waals surface area contributed by atoms with Crippen LogP contribution < -0.4 is 4.72 Å². The number of hydrogen-bond acceptors (Lipinski definition) is 3. The fraction of sp³-hybridized carbons (Fsp3) is 0.417. The summed E-state index contributed by atoms with van der Waals surface area (Å²) in [6, 6.07) is 3.92. The number of benzene rings is 1. The highest BCUT2D eigenvalue weighted by atomic mass is 79.9. The minimum atomic E-state index is -3.69. The normalized spacial score (nSPS) is 11.5. The van der Waals surface area contributed by atoms with E-state index in [1.807, 2.05) is 6.92 Å². The fourth-order valence-corrected chi connectivity index (χ4v) is 3.56. The summed E-state index contributed by atoms with van der Waals surface area (Å²) in [7, 11) is -3.69. The van der Waals surface area contributed by atoms with Gasteiger partial charge in [-0.3, -0.25) is 0 Å². The Morgan fingerprint density at radius 3 is 2.63 bits per heavy atom. The molecule has 1 aromatic rings. The molecule has 1 rings (SSSR count). The molecule has 0 unspecified atom stereocenters. The van der Waals surface area contributed by atoms with Crippen molar-refractivity contribution in [1.29, 1.82) is 0 Å². The van der Waals surface area contributed by atoms with Crippen molar-refractivity contribution in [2.24, 2.45) is 0 Å². The fourth-order valence-electron chi connectivity index (χ4n) is 1.50. The van der Waals surface area contributed by atoms with E-state index >= 15 is 0 Å². The van der Waals surface area contributed by atoms with Crippen LogP contribution in [0.25, 0.3) is 0 Å². The van der Waals surface area contributed by atoms with E-state index in [1.165, 1.54) is 12.1 Å². The predicted molar refractivity (Wildman–Crippen MR) is 75.8 cm³/mol. The lowest BCUT2D eigenvalue weighted by molar-refractivity contribution is 0.0696. The molecule has 0 atom stereocenters. The minimum Gasteiger partial charge on any atom is -0.478 e. The Morgan fingerprint density at radius 1 is 1.37 bits per heavy atom. The van der Waals surface area contributed by atoms with Gasteiger partial charge in [-0.25, -0.2) is 17.9 Å². The maximum Gasteiger partial charge on any atom is 0.335 e. The van der Waals surface area contributed by atoms with Gasteiger partial charge in [-0.1, -0.05) is 19.8 Å². The number of carboxylic acid groups (broad SMARTS) is 1. The number of rotatable bonds is 7. The summed E-state index contributed by atoms with van der Waals surface area (Å²) in [6.07, 6.45) is 2.70. The SMILES string of the molecule is CCCCCNS(=O)(=O)c1cc(C(=O)O)ccc1Br. The average Bonchev–Trinajstić information content (AvgIpc) is 2.34. The highest BCUT2D eigenvalue weighted by Crippen LogP contribution is 2.23. The Morgan fingerprint density at radius 2 is 2.05 bits per heavy atom. The van der Waals surface area contributed by atoms with Crippen LogP contribution in [0.5, 0.6) is 0 Å². The summed E-state index contributed by atoms with van der Waals surface area (Å²) in [4.78, 5) is 10.8. The third-order valence-corrected chi connectivity index (χ3v) is 4.99. The molecule has 0 radical (unpaired) electrons. The number of halogens is 1. The zero-order chi connectivity index (χ0) is 14.5. The summed E-state index contributed by atoms with van der Waals surface area (Å²) in [6.45, 7) is 2.38. The Labute approximate surface area is 121 Å². The van der Waals surface area contributed by atoms with Crippen LogP contribution in [-0.4, -0.2) is 26.0 Å². The quantitative estimate of drug-likeness (QED) is 0.741. The van der Waals surface area contributed by atoms with Crippen molar-refractivity contribution in [3.8, 4) is 0 Å². The van der Waals surface area contributed by atoms with Crippen molar-refractivity contribution in [3.05, 3.63) is 28.2 Å². The van der Waals surface area contributed by atoms with Gasteiger partial charge in [0.1, 0.15) is 0 Å². The second-order valence-corrected chi connectivity index (χ2v) is 6.64. The summed E-state index contributed by atoms with van der Waals surface area (Å²) >= 11 is 3.13. The molecule has 0 fully saturated rings. The lowest BCUT2D eigenvalue weighted by Gasteiger charge is -2.09. The van der Waals surface area contributed by atoms with Gasteiger partial charge < -0.3 is 5.11 Å². The minimum absolute atomic E-state index is 0.0519. The number of sulfonamides is 1. The molecule has 106 valence electrons. The van der Waals surface area contributed by atoms with E-state index in [0.29, 0.717) is 11.0 Å². The first-order chi connectivity index (χ1) is 8.88. The molecule has 2 N–H and O–H groups in total. The third-order valence-electron chi connectivity index (χ3n) is 2.54. The van der Waals surface area contributed by atoms with E-state index in [9.17, 15) is 13.2 Å². The smallest absolute Gasteiger partial charge is 0.335 e. The molecule has 0 aliphatic heterocycles. The number of unbranched alkanes of at least 4 members (excludes halogenated alkanes) is 2. The molecule has 0 heterocycles. The van der Waals surface area contributed by atoms with Gasteiger partial charge in [0.15, 0.2) is 0 Å². The van der Waals surface area contributed by atoms with E-state index in [1.54, 1.807) is 0 Å². The maximum atomic E-state index is 12.1. The molecule has 19 heavy (non-hydrogen) atoms. The highest BCUT2D eigenvalue weighted by molar-refractivity contribution is 9.10. The van der Waals surface area contributed by atoms with Crippen LogP contribution in [-0.2, 0) is 10.0 Å². The van der Waals surface area contributed by atoms with Gasteiger partial charge in [-0.15, -0.1) is 0 Å². The molecule has 0 aromatic heterocycles. The summed E-state index contributed by atoms with van der Waals surface area (Å²) in [5.74, 6) is -1.16. The van der Waals surface area contributed by atoms with Gasteiger partial charge in [0, 0.05) is 11.0 Å². The molecule has 1 aromatic carbocycles. The predicted octanol–water partition coefficient (Wildman–Crippen LogP) is 2.62. The van der Waals surface area contributed by atoms with Crippen LogP contribution >= 0.6 is 15.9 Å². The van der Waals surface area contributed by atoms with E-state index in [4.69, 9.17) is 5.11 Å². The summed E-state index contributed by atoms with van der Waals surface area (Å²) in [5, 5.41) is 8.88. The standard InChI is InChI=1S/C12H16BrNO4S/c1-2-3-4-7-14-19(17,18)11-8-9(12(15)16)5-6-10(11)13/h5-6,8,14H,2-4,7H2,1H3,(H,15,16). The Hall–Kier alpha value is -0.920. The Kier molecular flexibility index (Phi) is 5.96. The second kappa shape index (κ2) is 7.02. The highest BCUT2D eigenvalue weighted by Gasteiger charge is 2.19. The molecule has 0 aliphatic rings. The first-order valence-corrected chi connectivity index (χ1v) is 8.18. The number of carboxylic acids is 1. The van der Waals surface area contributed by atoms with Crippen molar-refractivity contribution >= 4 is 31.9 Å². The van der Waals surface area contributed by atoms with Gasteiger partial charge in [-0.05, 0) is 40.5 Å². The molecular formula is C12H16BrNO4S. The van der Waals surface area contributed by atoms with Crippen molar-refractivity contribution < 1.29 is 18.3 Å². The van der Waals surface area contributed by atoms with Gasteiger partial charge in [-0.2, -0.15) is 0 Å².